The van der Waals surface area contributed by atoms with Crippen LogP contribution in [0.5, 0.6) is 5.75 Å². The lowest BCUT2D eigenvalue weighted by atomic mass is 10.2. The molecule has 0 aliphatic carbocycles. The molecule has 0 aliphatic rings. The number of amides is 2. The number of carbonyl (C=O) groups excluding carboxylic acids is 2. The second-order valence-corrected chi connectivity index (χ2v) is 5.86. The van der Waals surface area contributed by atoms with Gasteiger partial charge in [-0.25, -0.2) is 4.39 Å². The molecule has 0 fully saturated rings. The minimum Gasteiger partial charge on any atom is -0.481 e. The SMILES string of the molecule is Cc1cc(NC(=O)CNC(=O)COc2ccccc2F)ccc1Br. The second kappa shape index (κ2) is 8.44. The molecule has 0 aliphatic heterocycles. The van der Waals surface area contributed by atoms with Crippen LogP contribution >= 0.6 is 15.9 Å². The molecule has 2 N–H and O–H groups in total. The molecule has 2 rings (SSSR count). The Bertz CT molecular complexity index is 752. The molecule has 0 atom stereocenters. The number of carbonyl (C=O) groups is 2. The summed E-state index contributed by atoms with van der Waals surface area (Å²) in [5, 5.41) is 5.08. The zero-order valence-electron chi connectivity index (χ0n) is 12.9. The maximum absolute atomic E-state index is 13.3. The van der Waals surface area contributed by atoms with Gasteiger partial charge < -0.3 is 15.4 Å². The Kier molecular flexibility index (Phi) is 6.31. The summed E-state index contributed by atoms with van der Waals surface area (Å²) in [5.74, 6) is -1.44. The fourth-order valence-electron chi connectivity index (χ4n) is 1.86. The lowest BCUT2D eigenvalue weighted by Gasteiger charge is -2.09. The highest BCUT2D eigenvalue weighted by Gasteiger charge is 2.09. The Hall–Kier alpha value is -2.41. The van der Waals surface area contributed by atoms with E-state index in [-0.39, 0.29) is 24.8 Å². The second-order valence-electron chi connectivity index (χ2n) is 5.01. The minimum absolute atomic E-state index is 0.0116. The first-order valence-electron chi connectivity index (χ1n) is 7.16. The maximum atomic E-state index is 13.3. The zero-order chi connectivity index (χ0) is 17.5. The number of anilines is 1. The maximum Gasteiger partial charge on any atom is 0.258 e. The largest absolute Gasteiger partial charge is 0.481 e. The van der Waals surface area contributed by atoms with Crippen molar-refractivity contribution in [1.29, 1.82) is 0 Å². The fourth-order valence-corrected chi connectivity index (χ4v) is 2.11. The predicted octanol–water partition coefficient (Wildman–Crippen LogP) is 3.03. The third-order valence-corrected chi connectivity index (χ3v) is 3.97. The summed E-state index contributed by atoms with van der Waals surface area (Å²) >= 11 is 3.38. The van der Waals surface area contributed by atoms with E-state index in [0.29, 0.717) is 5.69 Å². The van der Waals surface area contributed by atoms with Gasteiger partial charge in [0.15, 0.2) is 18.2 Å². The number of ether oxygens (including phenoxy) is 1. The molecular formula is C17H16BrFN2O3. The molecule has 126 valence electrons. The van der Waals surface area contributed by atoms with Crippen LogP contribution in [0, 0.1) is 12.7 Å². The fraction of sp³-hybridized carbons (Fsp3) is 0.176. The normalized spacial score (nSPS) is 10.1. The molecule has 5 nitrogen and oxygen atoms in total. The first-order chi connectivity index (χ1) is 11.5. The van der Waals surface area contributed by atoms with E-state index in [1.165, 1.54) is 18.2 Å². The Labute approximate surface area is 147 Å². The van der Waals surface area contributed by atoms with Gasteiger partial charge in [0.25, 0.3) is 5.91 Å². The van der Waals surface area contributed by atoms with Crippen molar-refractivity contribution in [2.24, 2.45) is 0 Å². The average Bonchev–Trinajstić information content (AvgIpc) is 2.55. The molecule has 0 heterocycles. The van der Waals surface area contributed by atoms with Crippen molar-refractivity contribution in [1.82, 2.24) is 5.32 Å². The highest BCUT2D eigenvalue weighted by molar-refractivity contribution is 9.10. The van der Waals surface area contributed by atoms with E-state index in [2.05, 4.69) is 26.6 Å². The molecule has 2 aromatic rings. The molecule has 0 saturated carbocycles. The summed E-state index contributed by atoms with van der Waals surface area (Å²) in [6.45, 7) is 1.34. The van der Waals surface area contributed by atoms with Gasteiger partial charge in [0.1, 0.15) is 0 Å². The van der Waals surface area contributed by atoms with Gasteiger partial charge in [-0.3, -0.25) is 9.59 Å². The molecule has 0 unspecified atom stereocenters. The lowest BCUT2D eigenvalue weighted by molar-refractivity contribution is -0.125. The molecular weight excluding hydrogens is 379 g/mol. The number of hydrogen-bond donors (Lipinski definition) is 2. The van der Waals surface area contributed by atoms with Crippen molar-refractivity contribution in [3.8, 4) is 5.75 Å². The zero-order valence-corrected chi connectivity index (χ0v) is 14.5. The Balaban J connectivity index is 1.76. The average molecular weight is 395 g/mol. The molecule has 0 saturated heterocycles. The summed E-state index contributed by atoms with van der Waals surface area (Å²) in [6, 6.07) is 11.2. The Morgan fingerprint density at radius 2 is 1.92 bits per heavy atom. The van der Waals surface area contributed by atoms with Crippen molar-refractivity contribution in [3.05, 3.63) is 58.3 Å². The summed E-state index contributed by atoms with van der Waals surface area (Å²) in [5.41, 5.74) is 1.62. The van der Waals surface area contributed by atoms with Gasteiger partial charge in [-0.05, 0) is 42.8 Å². The standard InChI is InChI=1S/C17H16BrFN2O3/c1-11-8-12(6-7-13(11)18)21-16(22)9-20-17(23)10-24-15-5-3-2-4-14(15)19/h2-8H,9-10H2,1H3,(H,20,23)(H,21,22). The summed E-state index contributed by atoms with van der Waals surface area (Å²) in [6.07, 6.45) is 0. The van der Waals surface area contributed by atoms with Gasteiger partial charge in [-0.15, -0.1) is 0 Å². The third kappa shape index (κ3) is 5.34. The van der Waals surface area contributed by atoms with Crippen molar-refractivity contribution >= 4 is 33.4 Å². The quantitative estimate of drug-likeness (QED) is 0.790. The Morgan fingerprint density at radius 1 is 1.17 bits per heavy atom. The van der Waals surface area contributed by atoms with E-state index in [1.54, 1.807) is 12.1 Å². The molecule has 0 bridgehead atoms. The van der Waals surface area contributed by atoms with Crippen molar-refractivity contribution in [3.63, 3.8) is 0 Å². The number of benzene rings is 2. The van der Waals surface area contributed by atoms with Crippen LogP contribution in [-0.4, -0.2) is 25.0 Å². The van der Waals surface area contributed by atoms with Gasteiger partial charge in [0.2, 0.25) is 5.91 Å². The van der Waals surface area contributed by atoms with Crippen molar-refractivity contribution in [2.45, 2.75) is 6.92 Å². The topological polar surface area (TPSA) is 67.4 Å². The first kappa shape index (κ1) is 17.9. The third-order valence-electron chi connectivity index (χ3n) is 3.08. The van der Waals surface area contributed by atoms with Gasteiger partial charge >= 0.3 is 0 Å². The van der Waals surface area contributed by atoms with E-state index in [4.69, 9.17) is 4.74 Å². The van der Waals surface area contributed by atoms with Gasteiger partial charge in [-0.2, -0.15) is 0 Å². The van der Waals surface area contributed by atoms with E-state index < -0.39 is 11.7 Å². The van der Waals surface area contributed by atoms with Gasteiger partial charge in [0.05, 0.1) is 6.54 Å². The number of rotatable bonds is 6. The van der Waals surface area contributed by atoms with Crippen LogP contribution in [0.3, 0.4) is 0 Å². The molecule has 0 radical (unpaired) electrons. The van der Waals surface area contributed by atoms with Gasteiger partial charge in [-0.1, -0.05) is 28.1 Å². The smallest absolute Gasteiger partial charge is 0.258 e. The first-order valence-corrected chi connectivity index (χ1v) is 7.95. The predicted molar refractivity (Wildman–Crippen MR) is 92.4 cm³/mol. The number of halogens is 2. The van der Waals surface area contributed by atoms with Crippen LogP contribution < -0.4 is 15.4 Å². The van der Waals surface area contributed by atoms with Crippen LogP contribution in [-0.2, 0) is 9.59 Å². The van der Waals surface area contributed by atoms with Crippen LogP contribution in [0.2, 0.25) is 0 Å². The molecule has 24 heavy (non-hydrogen) atoms. The monoisotopic (exact) mass is 394 g/mol. The number of aryl methyl sites for hydroxylation is 1. The van der Waals surface area contributed by atoms with Crippen LogP contribution in [0.15, 0.2) is 46.9 Å². The molecule has 0 spiro atoms. The summed E-state index contributed by atoms with van der Waals surface area (Å²) in [7, 11) is 0. The number of para-hydroxylation sites is 1. The molecule has 7 heteroatoms. The van der Waals surface area contributed by atoms with E-state index in [9.17, 15) is 14.0 Å². The van der Waals surface area contributed by atoms with Gasteiger partial charge in [0, 0.05) is 10.2 Å². The lowest BCUT2D eigenvalue weighted by Crippen LogP contribution is -2.35. The van der Waals surface area contributed by atoms with Crippen LogP contribution in [0.25, 0.3) is 0 Å². The summed E-state index contributed by atoms with van der Waals surface area (Å²) in [4.78, 5) is 23.4. The van der Waals surface area contributed by atoms with Crippen LogP contribution in [0.4, 0.5) is 10.1 Å². The highest BCUT2D eigenvalue weighted by atomic mass is 79.9. The minimum atomic E-state index is -0.548. The van der Waals surface area contributed by atoms with Crippen LogP contribution in [0.1, 0.15) is 5.56 Å². The molecule has 2 aromatic carbocycles. The number of hydrogen-bond acceptors (Lipinski definition) is 3. The van der Waals surface area contributed by atoms with E-state index in [0.717, 1.165) is 10.0 Å². The molecule has 0 aromatic heterocycles. The Morgan fingerprint density at radius 3 is 2.62 bits per heavy atom. The van der Waals surface area contributed by atoms with E-state index in [1.807, 2.05) is 19.1 Å². The summed E-state index contributed by atoms with van der Waals surface area (Å²) < 4.78 is 19.3. The highest BCUT2D eigenvalue weighted by Crippen LogP contribution is 2.19. The van der Waals surface area contributed by atoms with Crippen molar-refractivity contribution in [2.75, 3.05) is 18.5 Å². The van der Waals surface area contributed by atoms with Crippen molar-refractivity contribution < 1.29 is 18.7 Å². The van der Waals surface area contributed by atoms with E-state index >= 15 is 0 Å². The number of nitrogens with one attached hydrogen (secondary N) is 2. The molecule has 2 amide bonds.